The van der Waals surface area contributed by atoms with Crippen molar-refractivity contribution >= 4 is 49.1 Å². The zero-order chi connectivity index (χ0) is 17.2. The fraction of sp³-hybridized carbons (Fsp3) is 0.263. The van der Waals surface area contributed by atoms with E-state index in [-0.39, 0.29) is 11.9 Å². The number of benzene rings is 2. The van der Waals surface area contributed by atoms with Crippen molar-refractivity contribution in [2.45, 2.75) is 18.9 Å². The summed E-state index contributed by atoms with van der Waals surface area (Å²) in [5.74, 6) is 0.0138. The Morgan fingerprint density at radius 3 is 2.88 bits per heavy atom. The maximum atomic E-state index is 12.5. The molecule has 3 aromatic rings. The summed E-state index contributed by atoms with van der Waals surface area (Å²) in [4.78, 5) is 19.5. The van der Waals surface area contributed by atoms with Crippen molar-refractivity contribution in [2.75, 3.05) is 18.4 Å². The van der Waals surface area contributed by atoms with Crippen LogP contribution < -0.4 is 5.32 Å². The van der Waals surface area contributed by atoms with E-state index in [2.05, 4.69) is 32.2 Å². The van der Waals surface area contributed by atoms with Gasteiger partial charge in [-0.25, -0.2) is 4.98 Å². The van der Waals surface area contributed by atoms with Gasteiger partial charge in [-0.15, -0.1) is 11.3 Å². The maximum absolute atomic E-state index is 12.5. The molecule has 1 atom stereocenters. The molecule has 6 heteroatoms. The van der Waals surface area contributed by atoms with E-state index in [1.54, 1.807) is 11.3 Å². The summed E-state index contributed by atoms with van der Waals surface area (Å²) in [6.45, 7) is 1.33. The van der Waals surface area contributed by atoms with Crippen LogP contribution in [0.1, 0.15) is 23.9 Å². The first-order valence-electron chi connectivity index (χ1n) is 8.34. The van der Waals surface area contributed by atoms with Gasteiger partial charge in [-0.2, -0.15) is 0 Å². The Labute approximate surface area is 159 Å². The smallest absolute Gasteiger partial charge is 0.238 e. The van der Waals surface area contributed by atoms with Crippen LogP contribution in [0.15, 0.2) is 53.0 Å². The van der Waals surface area contributed by atoms with Gasteiger partial charge >= 0.3 is 0 Å². The van der Waals surface area contributed by atoms with E-state index in [0.29, 0.717) is 6.54 Å². The highest BCUT2D eigenvalue weighted by Crippen LogP contribution is 2.36. The van der Waals surface area contributed by atoms with Gasteiger partial charge in [-0.1, -0.05) is 24.3 Å². The molecule has 1 aliphatic rings. The first-order chi connectivity index (χ1) is 12.2. The highest BCUT2D eigenvalue weighted by atomic mass is 79.9. The highest BCUT2D eigenvalue weighted by molar-refractivity contribution is 9.10. The number of carbonyl (C=O) groups excluding carboxylic acids is 1. The largest absolute Gasteiger partial charge is 0.324 e. The number of fused-ring (bicyclic) bond motifs is 1. The summed E-state index contributed by atoms with van der Waals surface area (Å²) in [5.41, 5.74) is 1.86. The Kier molecular flexibility index (Phi) is 4.83. The number of aromatic nitrogens is 1. The zero-order valence-electron chi connectivity index (χ0n) is 13.6. The zero-order valence-corrected chi connectivity index (χ0v) is 16.0. The van der Waals surface area contributed by atoms with Gasteiger partial charge in [-0.05, 0) is 59.6 Å². The van der Waals surface area contributed by atoms with Gasteiger partial charge in [0.25, 0.3) is 0 Å². The van der Waals surface area contributed by atoms with Crippen LogP contribution in [0.3, 0.4) is 0 Å². The van der Waals surface area contributed by atoms with Crippen LogP contribution in [0, 0.1) is 0 Å². The van der Waals surface area contributed by atoms with Crippen LogP contribution in [0.2, 0.25) is 0 Å². The number of thiazole rings is 1. The minimum Gasteiger partial charge on any atom is -0.324 e. The molecule has 128 valence electrons. The number of hydrogen-bond donors (Lipinski definition) is 1. The van der Waals surface area contributed by atoms with Gasteiger partial charge in [0.2, 0.25) is 5.91 Å². The Morgan fingerprint density at radius 2 is 2.04 bits per heavy atom. The van der Waals surface area contributed by atoms with Crippen LogP contribution in [-0.2, 0) is 4.79 Å². The minimum absolute atomic E-state index is 0.0138. The maximum Gasteiger partial charge on any atom is 0.238 e. The van der Waals surface area contributed by atoms with Gasteiger partial charge < -0.3 is 5.32 Å². The molecule has 1 aromatic heterocycles. The molecule has 1 N–H and O–H groups in total. The van der Waals surface area contributed by atoms with E-state index in [9.17, 15) is 4.79 Å². The third kappa shape index (κ3) is 3.61. The molecule has 4 nitrogen and oxygen atoms in total. The molecular formula is C19H18BrN3OS. The summed E-state index contributed by atoms with van der Waals surface area (Å²) in [7, 11) is 0. The van der Waals surface area contributed by atoms with Gasteiger partial charge in [0, 0.05) is 4.47 Å². The van der Waals surface area contributed by atoms with E-state index in [1.165, 1.54) is 4.70 Å². The molecule has 25 heavy (non-hydrogen) atoms. The lowest BCUT2D eigenvalue weighted by molar-refractivity contribution is -0.117. The third-order valence-electron chi connectivity index (χ3n) is 4.45. The van der Waals surface area contributed by atoms with E-state index >= 15 is 0 Å². The number of rotatable bonds is 4. The summed E-state index contributed by atoms with van der Waals surface area (Å²) < 4.78 is 2.11. The molecule has 0 spiro atoms. The number of carbonyl (C=O) groups is 1. The van der Waals surface area contributed by atoms with Crippen molar-refractivity contribution in [1.29, 1.82) is 0 Å². The second-order valence-electron chi connectivity index (χ2n) is 6.18. The number of nitrogens with zero attached hydrogens (tertiary/aromatic N) is 2. The topological polar surface area (TPSA) is 45.2 Å². The van der Waals surface area contributed by atoms with Crippen LogP contribution >= 0.6 is 27.3 Å². The molecular weight excluding hydrogens is 398 g/mol. The quantitative estimate of drug-likeness (QED) is 0.663. The van der Waals surface area contributed by atoms with Crippen LogP contribution in [0.4, 0.5) is 5.69 Å². The number of anilines is 1. The Morgan fingerprint density at radius 1 is 1.24 bits per heavy atom. The second-order valence-corrected chi connectivity index (χ2v) is 8.09. The normalized spacial score (nSPS) is 17.9. The van der Waals surface area contributed by atoms with Crippen LogP contribution in [0.5, 0.6) is 0 Å². The monoisotopic (exact) mass is 415 g/mol. The van der Waals surface area contributed by atoms with Crippen molar-refractivity contribution in [2.24, 2.45) is 0 Å². The first kappa shape index (κ1) is 16.7. The number of halogens is 1. The molecule has 1 aliphatic heterocycles. The Bertz CT molecular complexity index is 877. The van der Waals surface area contributed by atoms with E-state index in [0.717, 1.165) is 40.1 Å². The molecule has 0 aliphatic carbocycles. The van der Waals surface area contributed by atoms with Crippen molar-refractivity contribution < 1.29 is 4.79 Å². The molecule has 1 saturated heterocycles. The van der Waals surface area contributed by atoms with Gasteiger partial charge in [0.05, 0.1) is 28.5 Å². The molecule has 0 unspecified atom stereocenters. The summed E-state index contributed by atoms with van der Waals surface area (Å²) in [6, 6.07) is 16.1. The molecule has 0 saturated carbocycles. The highest BCUT2D eigenvalue weighted by Gasteiger charge is 2.30. The van der Waals surface area contributed by atoms with E-state index in [1.807, 2.05) is 42.5 Å². The first-order valence-corrected chi connectivity index (χ1v) is 9.95. The lowest BCUT2D eigenvalue weighted by Gasteiger charge is -2.22. The predicted molar refractivity (Wildman–Crippen MR) is 106 cm³/mol. The van der Waals surface area contributed by atoms with Crippen LogP contribution in [0.25, 0.3) is 10.2 Å². The standard InChI is InChI=1S/C19H18BrN3OS/c20-13-6-1-2-7-14(13)21-18(24)12-23-11-5-9-16(23)19-22-15-8-3-4-10-17(15)25-19/h1-4,6-8,10,16H,5,9,11-12H2,(H,21,24)/t16-/m1/s1. The molecule has 1 amide bonds. The third-order valence-corrected chi connectivity index (χ3v) is 6.28. The summed E-state index contributed by atoms with van der Waals surface area (Å²) in [5, 5.41) is 4.11. The Hall–Kier alpha value is -1.76. The lowest BCUT2D eigenvalue weighted by Crippen LogP contribution is -2.33. The molecule has 4 rings (SSSR count). The van der Waals surface area contributed by atoms with Crippen molar-refractivity contribution in [1.82, 2.24) is 9.88 Å². The molecule has 2 aromatic carbocycles. The van der Waals surface area contributed by atoms with Gasteiger partial charge in [0.1, 0.15) is 5.01 Å². The number of likely N-dealkylation sites (tertiary alicyclic amines) is 1. The number of amides is 1. The van der Waals surface area contributed by atoms with Gasteiger partial charge in [-0.3, -0.25) is 9.69 Å². The SMILES string of the molecule is O=C(CN1CCC[C@@H]1c1nc2ccccc2s1)Nc1ccccc1Br. The van der Waals surface area contributed by atoms with Gasteiger partial charge in [0.15, 0.2) is 0 Å². The summed E-state index contributed by atoms with van der Waals surface area (Å²) in [6.07, 6.45) is 2.16. The molecule has 2 heterocycles. The number of hydrogen-bond acceptors (Lipinski definition) is 4. The number of para-hydroxylation sites is 2. The lowest BCUT2D eigenvalue weighted by atomic mass is 10.2. The average Bonchev–Trinajstić information content (AvgIpc) is 3.23. The van der Waals surface area contributed by atoms with E-state index in [4.69, 9.17) is 4.98 Å². The molecule has 1 fully saturated rings. The average molecular weight is 416 g/mol. The van der Waals surface area contributed by atoms with Crippen molar-refractivity contribution in [3.63, 3.8) is 0 Å². The minimum atomic E-state index is 0.0138. The molecule has 0 bridgehead atoms. The Balaban J connectivity index is 1.48. The van der Waals surface area contributed by atoms with E-state index < -0.39 is 0 Å². The molecule has 0 radical (unpaired) electrons. The number of nitrogens with one attached hydrogen (secondary N) is 1. The second kappa shape index (κ2) is 7.23. The summed E-state index contributed by atoms with van der Waals surface area (Å²) >= 11 is 5.21. The fourth-order valence-corrected chi connectivity index (χ4v) is 4.79. The van der Waals surface area contributed by atoms with Crippen molar-refractivity contribution in [3.8, 4) is 0 Å². The fourth-order valence-electron chi connectivity index (χ4n) is 3.26. The van der Waals surface area contributed by atoms with Crippen LogP contribution in [-0.4, -0.2) is 28.9 Å². The predicted octanol–water partition coefficient (Wildman–Crippen LogP) is 4.83. The van der Waals surface area contributed by atoms with Crippen molar-refractivity contribution in [3.05, 3.63) is 58.0 Å².